The lowest BCUT2D eigenvalue weighted by Gasteiger charge is -2.11. The second-order valence-electron chi connectivity index (χ2n) is 7.58. The average Bonchev–Trinajstić information content (AvgIpc) is 3.32. The lowest BCUT2D eigenvalue weighted by Crippen LogP contribution is -2.12. The Balaban J connectivity index is 1.42. The molecule has 0 amide bonds. The topological polar surface area (TPSA) is 121 Å². The summed E-state index contributed by atoms with van der Waals surface area (Å²) in [6, 6.07) is 14.2. The van der Waals surface area contributed by atoms with Gasteiger partial charge in [-0.15, -0.1) is 0 Å². The molecule has 0 saturated carbocycles. The molecule has 174 valence electrons. The fourth-order valence-electron chi connectivity index (χ4n) is 3.09. The summed E-state index contributed by atoms with van der Waals surface area (Å²) >= 11 is 0. The van der Waals surface area contributed by atoms with Crippen LogP contribution in [0.1, 0.15) is 40.4 Å². The van der Waals surface area contributed by atoms with E-state index in [9.17, 15) is 13.2 Å². The van der Waals surface area contributed by atoms with Gasteiger partial charge in [-0.3, -0.25) is 4.98 Å². The Hall–Kier alpha value is -4.05. The van der Waals surface area contributed by atoms with Crippen LogP contribution in [0, 0.1) is 13.8 Å². The van der Waals surface area contributed by atoms with Crippen molar-refractivity contribution in [3.63, 3.8) is 0 Å². The number of carbonyl (C=O) groups is 1. The quantitative estimate of drug-likeness (QED) is 0.280. The van der Waals surface area contributed by atoms with Crippen molar-refractivity contribution >= 4 is 16.1 Å². The number of carbonyl (C=O) groups excluding carboxylic acids is 1. The van der Waals surface area contributed by atoms with Gasteiger partial charge in [0, 0.05) is 18.0 Å². The van der Waals surface area contributed by atoms with E-state index >= 15 is 0 Å². The van der Waals surface area contributed by atoms with Gasteiger partial charge in [0.1, 0.15) is 10.6 Å². The highest BCUT2D eigenvalue weighted by Gasteiger charge is 2.22. The van der Waals surface area contributed by atoms with Crippen molar-refractivity contribution < 1.29 is 26.7 Å². The van der Waals surface area contributed by atoms with Crippen molar-refractivity contribution in [2.45, 2.75) is 31.8 Å². The largest absolute Gasteiger partial charge is 0.449 e. The van der Waals surface area contributed by atoms with Crippen molar-refractivity contribution in [2.24, 2.45) is 0 Å². The van der Waals surface area contributed by atoms with Crippen LogP contribution in [0.4, 0.5) is 0 Å². The summed E-state index contributed by atoms with van der Waals surface area (Å²) in [5, 5.41) is 3.88. The van der Waals surface area contributed by atoms with Gasteiger partial charge < -0.3 is 13.4 Å². The number of pyridine rings is 1. The molecule has 9 nitrogen and oxygen atoms in total. The zero-order valence-electron chi connectivity index (χ0n) is 18.6. The molecule has 4 rings (SSSR count). The number of hydrogen-bond donors (Lipinski definition) is 0. The second kappa shape index (κ2) is 9.44. The van der Waals surface area contributed by atoms with Gasteiger partial charge >= 0.3 is 16.1 Å². The Bertz CT molecular complexity index is 1420. The van der Waals surface area contributed by atoms with Gasteiger partial charge in [-0.1, -0.05) is 17.3 Å². The summed E-state index contributed by atoms with van der Waals surface area (Å²) in [4.78, 5) is 20.9. The molecule has 0 bridgehead atoms. The second-order valence-corrected chi connectivity index (χ2v) is 9.09. The van der Waals surface area contributed by atoms with Crippen molar-refractivity contribution in [1.82, 2.24) is 15.1 Å². The number of nitrogens with zero attached hydrogens (tertiary/aromatic N) is 3. The van der Waals surface area contributed by atoms with Gasteiger partial charge in [-0.05, 0) is 74.4 Å². The standard InChI is InChI=1S/C24H21N3O6S/c1-15-6-7-16(2)21(13-15)34(29,30)33-20-10-8-18(9-11-20)24(28)31-17(3)23-26-22(27-32-23)19-5-4-12-25-14-19/h4-14,17H,1-3H3. The van der Waals surface area contributed by atoms with Crippen molar-refractivity contribution in [3.05, 3.63) is 89.6 Å². The van der Waals surface area contributed by atoms with Gasteiger partial charge in [-0.25, -0.2) is 4.79 Å². The van der Waals surface area contributed by atoms with Crippen molar-refractivity contribution in [3.8, 4) is 17.1 Å². The van der Waals surface area contributed by atoms with E-state index in [2.05, 4.69) is 15.1 Å². The average molecular weight is 480 g/mol. The third kappa shape index (κ3) is 5.12. The molecule has 0 N–H and O–H groups in total. The summed E-state index contributed by atoms with van der Waals surface area (Å²) in [5.41, 5.74) is 2.25. The molecule has 1 atom stereocenters. The van der Waals surface area contributed by atoms with Crippen molar-refractivity contribution in [1.29, 1.82) is 0 Å². The summed E-state index contributed by atoms with van der Waals surface area (Å²) < 4.78 is 41.2. The fraction of sp³-hybridized carbons (Fsp3) is 0.167. The monoisotopic (exact) mass is 479 g/mol. The molecule has 34 heavy (non-hydrogen) atoms. The first-order valence-electron chi connectivity index (χ1n) is 10.3. The summed E-state index contributed by atoms with van der Waals surface area (Å²) in [5.74, 6) is -0.106. The molecule has 0 spiro atoms. The minimum atomic E-state index is -4.02. The highest BCUT2D eigenvalue weighted by Crippen LogP contribution is 2.24. The molecule has 0 fully saturated rings. The predicted octanol–water partition coefficient (Wildman–Crippen LogP) is 4.43. The SMILES string of the molecule is Cc1ccc(C)c(S(=O)(=O)Oc2ccc(C(=O)OC(C)c3nc(-c4cccnc4)no3)cc2)c1. The Morgan fingerprint density at radius 2 is 1.82 bits per heavy atom. The number of rotatable bonds is 7. The zero-order chi connectivity index (χ0) is 24.3. The molecule has 1 unspecified atom stereocenters. The van der Waals surface area contributed by atoms with Crippen LogP contribution in [-0.2, 0) is 14.9 Å². The molecule has 10 heteroatoms. The minimum absolute atomic E-state index is 0.0727. The first kappa shape index (κ1) is 23.1. The molecule has 2 aromatic heterocycles. The third-order valence-corrected chi connectivity index (χ3v) is 6.29. The van der Waals surface area contributed by atoms with Gasteiger partial charge in [0.15, 0.2) is 6.10 Å². The van der Waals surface area contributed by atoms with Crippen LogP contribution in [0.15, 0.2) is 76.4 Å². The van der Waals surface area contributed by atoms with Gasteiger partial charge in [0.25, 0.3) is 5.89 Å². The Morgan fingerprint density at radius 3 is 2.53 bits per heavy atom. The molecule has 2 aromatic carbocycles. The van der Waals surface area contributed by atoms with E-state index in [0.29, 0.717) is 17.0 Å². The summed E-state index contributed by atoms with van der Waals surface area (Å²) in [6.07, 6.45) is 2.42. The maximum Gasteiger partial charge on any atom is 0.339 e. The van der Waals surface area contributed by atoms with Crippen LogP contribution < -0.4 is 4.18 Å². The molecule has 0 aliphatic heterocycles. The summed E-state index contributed by atoms with van der Waals surface area (Å²) in [6.45, 7) is 5.10. The third-order valence-electron chi connectivity index (χ3n) is 4.90. The molecule has 4 aromatic rings. The van der Waals surface area contributed by atoms with E-state index in [1.165, 1.54) is 24.3 Å². The van der Waals surface area contributed by atoms with Crippen molar-refractivity contribution in [2.75, 3.05) is 0 Å². The highest BCUT2D eigenvalue weighted by molar-refractivity contribution is 7.87. The molecular weight excluding hydrogens is 458 g/mol. The van der Waals surface area contributed by atoms with Crippen LogP contribution >= 0.6 is 0 Å². The van der Waals surface area contributed by atoms with Crippen LogP contribution in [0.25, 0.3) is 11.4 Å². The number of ether oxygens (including phenoxy) is 1. The lowest BCUT2D eigenvalue weighted by molar-refractivity contribution is 0.0265. The minimum Gasteiger partial charge on any atom is -0.449 e. The van der Waals surface area contributed by atoms with Crippen LogP contribution in [0.2, 0.25) is 0 Å². The Labute approximate surface area is 196 Å². The summed E-state index contributed by atoms with van der Waals surface area (Å²) in [7, 11) is -4.02. The molecule has 0 radical (unpaired) electrons. The smallest absolute Gasteiger partial charge is 0.339 e. The number of esters is 1. The van der Waals surface area contributed by atoms with Crippen LogP contribution in [0.5, 0.6) is 5.75 Å². The maximum atomic E-state index is 12.7. The Morgan fingerprint density at radius 1 is 1.06 bits per heavy atom. The first-order valence-corrected chi connectivity index (χ1v) is 11.7. The first-order chi connectivity index (χ1) is 16.2. The van der Waals surface area contributed by atoms with Gasteiger partial charge in [0.05, 0.1) is 5.56 Å². The molecule has 0 aliphatic carbocycles. The fourth-order valence-corrected chi connectivity index (χ4v) is 4.33. The van der Waals surface area contributed by atoms with E-state index in [-0.39, 0.29) is 22.1 Å². The van der Waals surface area contributed by atoms with E-state index in [1.54, 1.807) is 57.4 Å². The zero-order valence-corrected chi connectivity index (χ0v) is 19.4. The normalized spacial score (nSPS) is 12.2. The predicted molar refractivity (Wildman–Crippen MR) is 122 cm³/mol. The number of hydrogen-bond acceptors (Lipinski definition) is 9. The lowest BCUT2D eigenvalue weighted by atomic mass is 10.2. The number of aromatic nitrogens is 3. The van der Waals surface area contributed by atoms with E-state index < -0.39 is 22.2 Å². The Kier molecular flexibility index (Phi) is 6.42. The van der Waals surface area contributed by atoms with Crippen LogP contribution in [-0.4, -0.2) is 29.5 Å². The van der Waals surface area contributed by atoms with E-state index in [0.717, 1.165) is 5.56 Å². The van der Waals surface area contributed by atoms with E-state index in [1.807, 2.05) is 6.07 Å². The molecule has 2 heterocycles. The molecule has 0 aliphatic rings. The van der Waals surface area contributed by atoms with Gasteiger partial charge in [-0.2, -0.15) is 13.4 Å². The number of benzene rings is 2. The molecule has 0 saturated heterocycles. The maximum absolute atomic E-state index is 12.7. The highest BCUT2D eigenvalue weighted by atomic mass is 32.2. The number of aryl methyl sites for hydroxylation is 2. The molecular formula is C24H21N3O6S. The van der Waals surface area contributed by atoms with Crippen LogP contribution in [0.3, 0.4) is 0 Å². The van der Waals surface area contributed by atoms with E-state index in [4.69, 9.17) is 13.4 Å². The van der Waals surface area contributed by atoms with Gasteiger partial charge in [0.2, 0.25) is 5.82 Å².